The first kappa shape index (κ1) is 12.7. The third-order valence-corrected chi connectivity index (χ3v) is 3.16. The van der Waals surface area contributed by atoms with Gasteiger partial charge in [0.2, 0.25) is 0 Å². The molecule has 0 bridgehead atoms. The Bertz CT molecular complexity index is 519. The van der Waals surface area contributed by atoms with Crippen molar-refractivity contribution in [3.05, 3.63) is 70.3 Å². The van der Waals surface area contributed by atoms with E-state index in [0.29, 0.717) is 12.0 Å². The number of halogens is 2. The first-order valence-electron chi connectivity index (χ1n) is 6.06. The van der Waals surface area contributed by atoms with Crippen LogP contribution in [0.15, 0.2) is 36.4 Å². The van der Waals surface area contributed by atoms with Gasteiger partial charge in [-0.2, -0.15) is 0 Å². The molecule has 0 nitrogen and oxygen atoms in total. The van der Waals surface area contributed by atoms with E-state index in [2.05, 4.69) is 12.1 Å². The van der Waals surface area contributed by atoms with Crippen molar-refractivity contribution in [2.24, 2.45) is 0 Å². The molecule has 0 unspecified atom stereocenters. The molecule has 0 radical (unpaired) electrons. The van der Waals surface area contributed by atoms with Crippen molar-refractivity contribution in [1.82, 2.24) is 0 Å². The summed E-state index contributed by atoms with van der Waals surface area (Å²) in [6.45, 7) is 3.49. The molecule has 2 aromatic carbocycles. The average molecular weight is 246 g/mol. The van der Waals surface area contributed by atoms with Crippen LogP contribution in [0.1, 0.15) is 22.3 Å². The molecule has 0 fully saturated rings. The Balaban J connectivity index is 2.08. The van der Waals surface area contributed by atoms with Crippen LogP contribution in [0, 0.1) is 25.5 Å². The summed E-state index contributed by atoms with van der Waals surface area (Å²) >= 11 is 0. The zero-order chi connectivity index (χ0) is 13.1. The fourth-order valence-electron chi connectivity index (χ4n) is 1.89. The summed E-state index contributed by atoms with van der Waals surface area (Å²) in [4.78, 5) is 0. The normalized spacial score (nSPS) is 10.7. The van der Waals surface area contributed by atoms with Gasteiger partial charge >= 0.3 is 0 Å². The molecule has 0 heterocycles. The molecule has 94 valence electrons. The Morgan fingerprint density at radius 2 is 1.28 bits per heavy atom. The first-order valence-corrected chi connectivity index (χ1v) is 6.06. The summed E-state index contributed by atoms with van der Waals surface area (Å²) in [7, 11) is 0. The quantitative estimate of drug-likeness (QED) is 0.754. The van der Waals surface area contributed by atoms with Crippen molar-refractivity contribution < 1.29 is 8.78 Å². The van der Waals surface area contributed by atoms with Crippen LogP contribution in [0.5, 0.6) is 0 Å². The predicted molar refractivity (Wildman–Crippen MR) is 69.7 cm³/mol. The Labute approximate surface area is 106 Å². The highest BCUT2D eigenvalue weighted by Gasteiger charge is 2.06. The van der Waals surface area contributed by atoms with Crippen LogP contribution in [0.4, 0.5) is 8.78 Å². The minimum atomic E-state index is -0.464. The van der Waals surface area contributed by atoms with Crippen LogP contribution in [0.25, 0.3) is 0 Å². The van der Waals surface area contributed by atoms with E-state index in [1.165, 1.54) is 30.2 Å². The van der Waals surface area contributed by atoms with Gasteiger partial charge in [-0.3, -0.25) is 0 Å². The van der Waals surface area contributed by atoms with Crippen molar-refractivity contribution in [2.45, 2.75) is 26.7 Å². The smallest absolute Gasteiger partial charge is 0.129 e. The molecule has 2 rings (SSSR count). The van der Waals surface area contributed by atoms with Crippen LogP contribution in [-0.2, 0) is 12.8 Å². The Morgan fingerprint density at radius 3 is 1.83 bits per heavy atom. The fraction of sp³-hybridized carbons (Fsp3) is 0.250. The molecule has 0 aliphatic rings. The van der Waals surface area contributed by atoms with E-state index in [1.807, 2.05) is 19.1 Å². The van der Waals surface area contributed by atoms with E-state index in [1.54, 1.807) is 0 Å². The molecule has 0 amide bonds. The minimum Gasteiger partial charge on any atom is -0.207 e. The maximum Gasteiger partial charge on any atom is 0.129 e. The summed E-state index contributed by atoms with van der Waals surface area (Å²) < 4.78 is 26.8. The third-order valence-electron chi connectivity index (χ3n) is 3.16. The van der Waals surface area contributed by atoms with Gasteiger partial charge in [0, 0.05) is 5.56 Å². The molecule has 0 atom stereocenters. The standard InChI is InChI=1S/C16H16F2/c1-11-3-5-13(6-4-11)7-8-14-9-15(17)12(2)16(18)10-14/h3-6,9-10H,7-8H2,1-2H3. The lowest BCUT2D eigenvalue weighted by atomic mass is 10.0. The van der Waals surface area contributed by atoms with Gasteiger partial charge in [0.05, 0.1) is 0 Å². The molecule has 2 heteroatoms. The van der Waals surface area contributed by atoms with Crippen LogP contribution in [0.3, 0.4) is 0 Å². The molecule has 0 aliphatic heterocycles. The average Bonchev–Trinajstić information content (AvgIpc) is 2.35. The minimum absolute atomic E-state index is 0.0917. The maximum absolute atomic E-state index is 13.4. The van der Waals surface area contributed by atoms with Gasteiger partial charge in [-0.25, -0.2) is 8.78 Å². The van der Waals surface area contributed by atoms with Gasteiger partial charge in [-0.15, -0.1) is 0 Å². The number of aryl methyl sites for hydroxylation is 3. The van der Waals surface area contributed by atoms with Crippen molar-refractivity contribution >= 4 is 0 Å². The molecule has 0 aromatic heterocycles. The second kappa shape index (κ2) is 5.30. The molecule has 2 aromatic rings. The van der Waals surface area contributed by atoms with E-state index >= 15 is 0 Å². The van der Waals surface area contributed by atoms with Gasteiger partial charge in [0.15, 0.2) is 0 Å². The number of hydrogen-bond acceptors (Lipinski definition) is 0. The summed E-state index contributed by atoms with van der Waals surface area (Å²) in [6.07, 6.45) is 1.44. The summed E-state index contributed by atoms with van der Waals surface area (Å²) in [5.41, 5.74) is 3.19. The molecular weight excluding hydrogens is 230 g/mol. The lowest BCUT2D eigenvalue weighted by Crippen LogP contribution is -1.96. The topological polar surface area (TPSA) is 0 Å². The Hall–Kier alpha value is -1.70. The zero-order valence-electron chi connectivity index (χ0n) is 10.6. The SMILES string of the molecule is Cc1ccc(CCc2cc(F)c(C)c(F)c2)cc1. The van der Waals surface area contributed by atoms with E-state index in [9.17, 15) is 8.78 Å². The third kappa shape index (κ3) is 2.95. The molecule has 0 spiro atoms. The molecule has 18 heavy (non-hydrogen) atoms. The van der Waals surface area contributed by atoms with Crippen molar-refractivity contribution in [1.29, 1.82) is 0 Å². The van der Waals surface area contributed by atoms with Gasteiger partial charge < -0.3 is 0 Å². The molecule has 0 saturated carbocycles. The monoisotopic (exact) mass is 246 g/mol. The van der Waals surface area contributed by atoms with Crippen LogP contribution < -0.4 is 0 Å². The number of rotatable bonds is 3. The molecule has 0 saturated heterocycles. The molecule has 0 N–H and O–H groups in total. The highest BCUT2D eigenvalue weighted by atomic mass is 19.1. The van der Waals surface area contributed by atoms with Crippen LogP contribution >= 0.6 is 0 Å². The van der Waals surface area contributed by atoms with Crippen LogP contribution in [-0.4, -0.2) is 0 Å². The number of benzene rings is 2. The molecular formula is C16H16F2. The second-order valence-corrected chi connectivity index (χ2v) is 4.67. The highest BCUT2D eigenvalue weighted by molar-refractivity contribution is 5.27. The van der Waals surface area contributed by atoms with Gasteiger partial charge in [-0.1, -0.05) is 29.8 Å². The van der Waals surface area contributed by atoms with E-state index in [0.717, 1.165) is 6.42 Å². The predicted octanol–water partition coefficient (Wildman–Crippen LogP) is 4.37. The lowest BCUT2D eigenvalue weighted by molar-refractivity contribution is 0.564. The largest absolute Gasteiger partial charge is 0.207 e. The summed E-state index contributed by atoms with van der Waals surface area (Å²) in [6, 6.07) is 11.0. The summed E-state index contributed by atoms with van der Waals surface area (Å²) in [5, 5.41) is 0. The first-order chi connectivity index (χ1) is 8.56. The van der Waals surface area contributed by atoms with E-state index in [-0.39, 0.29) is 5.56 Å². The number of hydrogen-bond donors (Lipinski definition) is 0. The van der Waals surface area contributed by atoms with Gasteiger partial charge in [0.1, 0.15) is 11.6 Å². The second-order valence-electron chi connectivity index (χ2n) is 4.67. The fourth-order valence-corrected chi connectivity index (χ4v) is 1.89. The van der Waals surface area contributed by atoms with E-state index in [4.69, 9.17) is 0 Å². The van der Waals surface area contributed by atoms with E-state index < -0.39 is 11.6 Å². The molecule has 0 aliphatic carbocycles. The van der Waals surface area contributed by atoms with Gasteiger partial charge in [-0.05, 0) is 49.9 Å². The lowest BCUT2D eigenvalue weighted by Gasteiger charge is -2.05. The van der Waals surface area contributed by atoms with Crippen molar-refractivity contribution in [3.63, 3.8) is 0 Å². The van der Waals surface area contributed by atoms with Crippen molar-refractivity contribution in [3.8, 4) is 0 Å². The Morgan fingerprint density at radius 1 is 0.778 bits per heavy atom. The Kier molecular flexibility index (Phi) is 3.75. The summed E-state index contributed by atoms with van der Waals surface area (Å²) in [5.74, 6) is -0.928. The van der Waals surface area contributed by atoms with Gasteiger partial charge in [0.25, 0.3) is 0 Å². The highest BCUT2D eigenvalue weighted by Crippen LogP contribution is 2.16. The maximum atomic E-state index is 13.4. The van der Waals surface area contributed by atoms with Crippen LogP contribution in [0.2, 0.25) is 0 Å². The van der Waals surface area contributed by atoms with Crippen molar-refractivity contribution in [2.75, 3.05) is 0 Å². The zero-order valence-corrected chi connectivity index (χ0v) is 10.6.